The molecule has 2 saturated heterocycles. The van der Waals surface area contributed by atoms with E-state index in [0.29, 0.717) is 19.6 Å². The topological polar surface area (TPSA) is 61.8 Å². The van der Waals surface area contributed by atoms with E-state index in [-0.39, 0.29) is 6.29 Å². The van der Waals surface area contributed by atoms with Crippen LogP contribution >= 0.6 is 23.5 Å². The van der Waals surface area contributed by atoms with Gasteiger partial charge in [-0.3, -0.25) is 0 Å². The standard InChI is InChI=1S/C16H25F3O5S3/c1-12(13(2)24-27(20,21)16(17,18)19)15(25-10-5-11-26-15)7-9-23-14-6-3-4-8-22-14/h12,14H,2-11H2,1H3/t12-,14?/m1/s1. The third-order valence-corrected chi connectivity index (χ3v) is 9.30. The molecular weight excluding hydrogens is 425 g/mol. The van der Waals surface area contributed by atoms with Crippen molar-refractivity contribution in [1.82, 2.24) is 0 Å². The van der Waals surface area contributed by atoms with Crippen molar-refractivity contribution in [1.29, 1.82) is 0 Å². The fourth-order valence-corrected chi connectivity index (χ4v) is 6.91. The van der Waals surface area contributed by atoms with Gasteiger partial charge in [0.25, 0.3) is 0 Å². The molecule has 0 spiro atoms. The van der Waals surface area contributed by atoms with Gasteiger partial charge >= 0.3 is 15.6 Å². The molecule has 0 N–H and O–H groups in total. The highest BCUT2D eigenvalue weighted by atomic mass is 32.2. The number of hydrogen-bond acceptors (Lipinski definition) is 7. The van der Waals surface area contributed by atoms with E-state index in [1.54, 1.807) is 30.4 Å². The van der Waals surface area contributed by atoms with E-state index in [9.17, 15) is 21.6 Å². The Bertz CT molecular complexity index is 597. The first-order chi connectivity index (χ1) is 12.6. The van der Waals surface area contributed by atoms with Crippen LogP contribution in [0.15, 0.2) is 12.3 Å². The number of rotatable bonds is 8. The van der Waals surface area contributed by atoms with Gasteiger partial charge in [-0.1, -0.05) is 13.5 Å². The average Bonchev–Trinajstić information content (AvgIpc) is 2.61. The van der Waals surface area contributed by atoms with E-state index in [4.69, 9.17) is 9.47 Å². The van der Waals surface area contributed by atoms with Gasteiger partial charge < -0.3 is 13.7 Å². The number of allylic oxidation sites excluding steroid dienone is 1. The van der Waals surface area contributed by atoms with E-state index in [1.165, 1.54) is 0 Å². The molecule has 0 saturated carbocycles. The van der Waals surface area contributed by atoms with Crippen molar-refractivity contribution in [3.8, 4) is 0 Å². The highest BCUT2D eigenvalue weighted by Crippen LogP contribution is 2.52. The summed E-state index contributed by atoms with van der Waals surface area (Å²) in [6, 6.07) is 0. The SMILES string of the molecule is C=C(OS(=O)(=O)C(F)(F)F)[C@@H](C)C1(CCOC2CCCCO2)SCCCS1. The molecule has 0 aliphatic carbocycles. The van der Waals surface area contributed by atoms with Gasteiger partial charge in [-0.25, -0.2) is 0 Å². The van der Waals surface area contributed by atoms with Crippen LogP contribution in [0.3, 0.4) is 0 Å². The average molecular weight is 451 g/mol. The first kappa shape index (κ1) is 23.2. The molecule has 2 rings (SSSR count). The molecule has 0 aromatic carbocycles. The van der Waals surface area contributed by atoms with Crippen LogP contribution in [0.25, 0.3) is 0 Å². The minimum absolute atomic E-state index is 0.255. The van der Waals surface area contributed by atoms with Crippen molar-refractivity contribution in [3.05, 3.63) is 12.3 Å². The fraction of sp³-hybridized carbons (Fsp3) is 0.875. The van der Waals surface area contributed by atoms with Gasteiger partial charge in [0, 0.05) is 12.5 Å². The Morgan fingerprint density at radius 1 is 1.30 bits per heavy atom. The predicted molar refractivity (Wildman–Crippen MR) is 101 cm³/mol. The minimum Gasteiger partial charge on any atom is -0.381 e. The van der Waals surface area contributed by atoms with E-state index in [1.807, 2.05) is 0 Å². The van der Waals surface area contributed by atoms with Crippen molar-refractivity contribution >= 4 is 33.6 Å². The van der Waals surface area contributed by atoms with Gasteiger partial charge in [0.05, 0.1) is 10.7 Å². The molecule has 0 amide bonds. The number of hydrogen-bond donors (Lipinski definition) is 0. The van der Waals surface area contributed by atoms with Gasteiger partial charge in [0.2, 0.25) is 0 Å². The lowest BCUT2D eigenvalue weighted by molar-refractivity contribution is -0.163. The fourth-order valence-electron chi connectivity index (χ4n) is 2.88. The Morgan fingerprint density at radius 2 is 1.96 bits per heavy atom. The minimum atomic E-state index is -5.71. The molecule has 2 fully saturated rings. The molecule has 2 aliphatic rings. The lowest BCUT2D eigenvalue weighted by Crippen LogP contribution is -2.37. The Morgan fingerprint density at radius 3 is 2.52 bits per heavy atom. The highest BCUT2D eigenvalue weighted by molar-refractivity contribution is 8.18. The number of alkyl halides is 3. The van der Waals surface area contributed by atoms with Crippen LogP contribution in [0.5, 0.6) is 0 Å². The van der Waals surface area contributed by atoms with E-state index in [0.717, 1.165) is 37.2 Å². The van der Waals surface area contributed by atoms with Crippen LogP contribution in [0.2, 0.25) is 0 Å². The molecule has 2 aliphatic heterocycles. The molecule has 0 radical (unpaired) electrons. The van der Waals surface area contributed by atoms with Crippen molar-refractivity contribution in [2.75, 3.05) is 24.7 Å². The third kappa shape index (κ3) is 6.19. The molecule has 0 aromatic heterocycles. The summed E-state index contributed by atoms with van der Waals surface area (Å²) in [6.45, 7) is 6.16. The van der Waals surface area contributed by atoms with Gasteiger partial charge in [0.1, 0.15) is 5.76 Å². The second kappa shape index (κ2) is 9.60. The molecular formula is C16H25F3O5S3. The Hall–Kier alpha value is -0.100. The summed E-state index contributed by atoms with van der Waals surface area (Å²) in [5, 5.41) is 0. The maximum atomic E-state index is 12.6. The second-order valence-electron chi connectivity index (χ2n) is 6.45. The lowest BCUT2D eigenvalue weighted by Gasteiger charge is -2.41. The summed E-state index contributed by atoms with van der Waals surface area (Å²) in [4.78, 5) is 0. The van der Waals surface area contributed by atoms with Gasteiger partial charge in [-0.2, -0.15) is 21.6 Å². The van der Waals surface area contributed by atoms with Crippen molar-refractivity contribution in [3.63, 3.8) is 0 Å². The summed E-state index contributed by atoms with van der Waals surface area (Å²) in [5.74, 6) is 0.650. The zero-order valence-electron chi connectivity index (χ0n) is 15.1. The van der Waals surface area contributed by atoms with Gasteiger partial charge in [-0.15, -0.1) is 23.5 Å². The largest absolute Gasteiger partial charge is 0.534 e. The normalized spacial score (nSPS) is 25.0. The maximum Gasteiger partial charge on any atom is 0.534 e. The molecule has 11 heteroatoms. The summed E-state index contributed by atoms with van der Waals surface area (Å²) >= 11 is 3.18. The zero-order chi connectivity index (χ0) is 20.1. The lowest BCUT2D eigenvalue weighted by atomic mass is 10.0. The first-order valence-electron chi connectivity index (χ1n) is 8.78. The van der Waals surface area contributed by atoms with Gasteiger partial charge in [0.15, 0.2) is 6.29 Å². The highest BCUT2D eigenvalue weighted by Gasteiger charge is 2.50. The van der Waals surface area contributed by atoms with Crippen LogP contribution in [0.4, 0.5) is 13.2 Å². The summed E-state index contributed by atoms with van der Waals surface area (Å²) in [5.41, 5.74) is -5.48. The number of thioether (sulfide) groups is 2. The van der Waals surface area contributed by atoms with Crippen LogP contribution in [0.1, 0.15) is 39.0 Å². The van der Waals surface area contributed by atoms with E-state index < -0.39 is 31.4 Å². The molecule has 5 nitrogen and oxygen atoms in total. The monoisotopic (exact) mass is 450 g/mol. The summed E-state index contributed by atoms with van der Waals surface area (Å²) < 4.78 is 75.5. The molecule has 27 heavy (non-hydrogen) atoms. The molecule has 0 bridgehead atoms. The smallest absolute Gasteiger partial charge is 0.381 e. The molecule has 158 valence electrons. The number of halogens is 3. The maximum absolute atomic E-state index is 12.6. The first-order valence-corrected chi connectivity index (χ1v) is 12.2. The van der Waals surface area contributed by atoms with Gasteiger partial charge in [-0.05, 0) is 43.6 Å². The molecule has 2 atom stereocenters. The zero-order valence-corrected chi connectivity index (χ0v) is 17.6. The van der Waals surface area contributed by atoms with Crippen LogP contribution in [0, 0.1) is 5.92 Å². The third-order valence-electron chi connectivity index (χ3n) is 4.52. The Kier molecular flexibility index (Phi) is 8.24. The quantitative estimate of drug-likeness (QED) is 0.306. The predicted octanol–water partition coefficient (Wildman–Crippen LogP) is 4.50. The molecule has 1 unspecified atom stereocenters. The van der Waals surface area contributed by atoms with E-state index >= 15 is 0 Å². The van der Waals surface area contributed by atoms with Crippen LogP contribution in [-0.4, -0.2) is 49.0 Å². The van der Waals surface area contributed by atoms with Crippen molar-refractivity contribution in [2.45, 2.75) is 54.9 Å². The van der Waals surface area contributed by atoms with Crippen molar-refractivity contribution in [2.24, 2.45) is 5.92 Å². The second-order valence-corrected chi connectivity index (χ2v) is 11.1. The Balaban J connectivity index is 2.01. The summed E-state index contributed by atoms with van der Waals surface area (Å²) in [6.07, 6.45) is 4.12. The molecule has 2 heterocycles. The van der Waals surface area contributed by atoms with E-state index in [2.05, 4.69) is 10.8 Å². The molecule has 0 aromatic rings. The van der Waals surface area contributed by atoms with Crippen LogP contribution < -0.4 is 0 Å². The Labute approximate surface area is 166 Å². The van der Waals surface area contributed by atoms with Crippen LogP contribution in [-0.2, 0) is 23.8 Å². The number of ether oxygens (including phenoxy) is 2. The summed E-state index contributed by atoms with van der Waals surface area (Å²) in [7, 11) is -5.71. The van der Waals surface area contributed by atoms with Crippen molar-refractivity contribution < 1.29 is 35.2 Å².